The van der Waals surface area contributed by atoms with Gasteiger partial charge in [-0.15, -0.1) is 5.11 Å². The fraction of sp³-hybridized carbons (Fsp3) is 0.158. The van der Waals surface area contributed by atoms with E-state index in [1.165, 1.54) is 0 Å². The van der Waals surface area contributed by atoms with Crippen molar-refractivity contribution in [3.8, 4) is 0 Å². The molecule has 2 heterocycles. The number of rotatable bonds is 3. The summed E-state index contributed by atoms with van der Waals surface area (Å²) >= 11 is 0. The quantitative estimate of drug-likeness (QED) is 0.682. The van der Waals surface area contributed by atoms with Crippen LogP contribution in [0.2, 0.25) is 0 Å². The molecule has 1 amide bonds. The molecule has 6 heteroatoms. The first kappa shape index (κ1) is 15.3. The molecule has 0 spiro atoms. The first-order valence-electron chi connectivity index (χ1n) is 8.04. The van der Waals surface area contributed by atoms with E-state index in [4.69, 9.17) is 0 Å². The number of carbonyl (C=O) groups excluding carboxylic acids is 1. The van der Waals surface area contributed by atoms with Crippen molar-refractivity contribution >= 4 is 28.6 Å². The lowest BCUT2D eigenvalue weighted by Crippen LogP contribution is -2.28. The highest BCUT2D eigenvalue weighted by Crippen LogP contribution is 2.27. The van der Waals surface area contributed by atoms with Gasteiger partial charge in [0.25, 0.3) is 5.91 Å². The standard InChI is InChI=1S/C19H17N5O/c1-13-12-24(14-8-4-3-5-9-14)18(25)17(13)21-22-19-20-15-10-6-7-11-16(15)23(19)2/h3-12,17H,1-2H3/t17-/m1/s1. The van der Waals surface area contributed by atoms with Crippen LogP contribution in [0.4, 0.5) is 11.6 Å². The third kappa shape index (κ3) is 2.61. The minimum absolute atomic E-state index is 0.105. The molecule has 0 unspecified atom stereocenters. The maximum atomic E-state index is 12.7. The van der Waals surface area contributed by atoms with Gasteiger partial charge in [0.1, 0.15) is 0 Å². The van der Waals surface area contributed by atoms with Crippen molar-refractivity contribution in [2.75, 3.05) is 4.90 Å². The van der Waals surface area contributed by atoms with E-state index < -0.39 is 6.04 Å². The molecule has 0 radical (unpaired) electrons. The van der Waals surface area contributed by atoms with Gasteiger partial charge >= 0.3 is 0 Å². The number of hydrogen-bond acceptors (Lipinski definition) is 4. The molecule has 6 nitrogen and oxygen atoms in total. The SMILES string of the molecule is CC1=CN(c2ccccc2)C(=O)[C@@H]1N=Nc1nc2ccccc2n1C. The number of anilines is 1. The lowest BCUT2D eigenvalue weighted by atomic mass is 10.2. The van der Waals surface area contributed by atoms with Crippen LogP contribution in [0.1, 0.15) is 6.92 Å². The van der Waals surface area contributed by atoms with E-state index >= 15 is 0 Å². The second kappa shape index (κ2) is 5.98. The van der Waals surface area contributed by atoms with Crippen molar-refractivity contribution in [1.29, 1.82) is 0 Å². The third-order valence-electron chi connectivity index (χ3n) is 4.30. The lowest BCUT2D eigenvalue weighted by Gasteiger charge is -2.14. The van der Waals surface area contributed by atoms with Crippen LogP contribution in [0.3, 0.4) is 0 Å². The van der Waals surface area contributed by atoms with Crippen molar-refractivity contribution in [2.45, 2.75) is 13.0 Å². The minimum atomic E-state index is -0.611. The van der Waals surface area contributed by atoms with E-state index in [0.29, 0.717) is 5.95 Å². The van der Waals surface area contributed by atoms with Gasteiger partial charge < -0.3 is 4.57 Å². The molecule has 3 aromatic rings. The van der Waals surface area contributed by atoms with Gasteiger partial charge in [0.05, 0.1) is 11.0 Å². The zero-order valence-corrected chi connectivity index (χ0v) is 14.0. The van der Waals surface area contributed by atoms with Crippen molar-refractivity contribution in [1.82, 2.24) is 9.55 Å². The Morgan fingerprint density at radius 3 is 2.52 bits per heavy atom. The smallest absolute Gasteiger partial charge is 0.262 e. The molecule has 1 aliphatic heterocycles. The number of imidazole rings is 1. The summed E-state index contributed by atoms with van der Waals surface area (Å²) in [6.07, 6.45) is 1.82. The Hall–Kier alpha value is -3.28. The Bertz CT molecular complexity index is 1000. The molecule has 0 fully saturated rings. The Kier molecular flexibility index (Phi) is 3.65. The number of benzene rings is 2. The summed E-state index contributed by atoms with van der Waals surface area (Å²) in [6, 6.07) is 16.7. The van der Waals surface area contributed by atoms with Crippen LogP contribution >= 0.6 is 0 Å². The van der Waals surface area contributed by atoms with Gasteiger partial charge in [0.2, 0.25) is 5.95 Å². The number of aromatic nitrogens is 2. The van der Waals surface area contributed by atoms with Crippen molar-refractivity contribution in [3.63, 3.8) is 0 Å². The molecule has 1 atom stereocenters. The monoisotopic (exact) mass is 331 g/mol. The van der Waals surface area contributed by atoms with E-state index in [2.05, 4.69) is 15.2 Å². The molecule has 1 aliphatic rings. The number of hydrogen-bond donors (Lipinski definition) is 0. The van der Waals surface area contributed by atoms with Gasteiger partial charge in [-0.05, 0) is 36.8 Å². The van der Waals surface area contributed by atoms with Gasteiger partial charge in [-0.2, -0.15) is 5.11 Å². The average Bonchev–Trinajstić information content (AvgIpc) is 3.11. The van der Waals surface area contributed by atoms with Crippen molar-refractivity contribution in [2.24, 2.45) is 17.3 Å². The molecule has 0 N–H and O–H groups in total. The Balaban J connectivity index is 1.62. The number of amides is 1. The van der Waals surface area contributed by atoms with Crippen molar-refractivity contribution < 1.29 is 4.79 Å². The number of aryl methyl sites for hydroxylation is 1. The molecule has 0 saturated heterocycles. The highest BCUT2D eigenvalue weighted by molar-refractivity contribution is 6.03. The summed E-state index contributed by atoms with van der Waals surface area (Å²) < 4.78 is 1.87. The molecular weight excluding hydrogens is 314 g/mol. The summed E-state index contributed by atoms with van der Waals surface area (Å²) in [5.74, 6) is 0.381. The van der Waals surface area contributed by atoms with Gasteiger partial charge in [-0.3, -0.25) is 9.69 Å². The first-order chi connectivity index (χ1) is 12.1. The first-order valence-corrected chi connectivity index (χ1v) is 8.04. The molecule has 0 saturated carbocycles. The fourth-order valence-corrected chi connectivity index (χ4v) is 2.93. The zero-order chi connectivity index (χ0) is 17.4. The average molecular weight is 331 g/mol. The van der Waals surface area contributed by atoms with Crippen LogP contribution < -0.4 is 4.90 Å². The summed E-state index contributed by atoms with van der Waals surface area (Å²) in [7, 11) is 1.89. The molecule has 124 valence electrons. The summed E-state index contributed by atoms with van der Waals surface area (Å²) in [6.45, 7) is 1.89. The second-order valence-electron chi connectivity index (χ2n) is 5.99. The lowest BCUT2D eigenvalue weighted by molar-refractivity contribution is -0.117. The van der Waals surface area contributed by atoms with E-state index in [9.17, 15) is 4.79 Å². The van der Waals surface area contributed by atoms with Crippen LogP contribution in [0, 0.1) is 0 Å². The highest BCUT2D eigenvalue weighted by atomic mass is 16.2. The largest absolute Gasteiger partial charge is 0.310 e. The van der Waals surface area contributed by atoms with Gasteiger partial charge in [0.15, 0.2) is 6.04 Å². The van der Waals surface area contributed by atoms with Crippen LogP contribution in [-0.2, 0) is 11.8 Å². The Labute approximate surface area is 145 Å². The minimum Gasteiger partial charge on any atom is -0.310 e. The number of nitrogens with zero attached hydrogens (tertiary/aromatic N) is 5. The van der Waals surface area contributed by atoms with Gasteiger partial charge in [-0.25, -0.2) is 4.98 Å². The molecule has 0 bridgehead atoms. The van der Waals surface area contributed by atoms with E-state index in [1.807, 2.05) is 79.3 Å². The molecule has 4 rings (SSSR count). The summed E-state index contributed by atoms with van der Waals surface area (Å²) in [5, 5.41) is 8.51. The van der Waals surface area contributed by atoms with E-state index in [0.717, 1.165) is 22.3 Å². The predicted octanol–water partition coefficient (Wildman–Crippen LogP) is 3.98. The number of azo groups is 1. The van der Waals surface area contributed by atoms with E-state index in [1.54, 1.807) is 4.90 Å². The normalized spacial score (nSPS) is 17.7. The maximum Gasteiger partial charge on any atom is 0.262 e. The van der Waals surface area contributed by atoms with E-state index in [-0.39, 0.29) is 5.91 Å². The van der Waals surface area contributed by atoms with Crippen LogP contribution in [-0.4, -0.2) is 21.5 Å². The zero-order valence-electron chi connectivity index (χ0n) is 14.0. The van der Waals surface area contributed by atoms with Gasteiger partial charge in [0, 0.05) is 18.9 Å². The number of para-hydroxylation sites is 3. The van der Waals surface area contributed by atoms with Gasteiger partial charge in [-0.1, -0.05) is 30.3 Å². The third-order valence-corrected chi connectivity index (χ3v) is 4.30. The Morgan fingerprint density at radius 1 is 1.04 bits per heavy atom. The highest BCUT2D eigenvalue weighted by Gasteiger charge is 2.32. The second-order valence-corrected chi connectivity index (χ2v) is 5.99. The summed E-state index contributed by atoms with van der Waals surface area (Å²) in [4.78, 5) is 18.8. The van der Waals surface area contributed by atoms with Crippen LogP contribution in [0.15, 0.2) is 76.6 Å². The molecule has 1 aromatic heterocycles. The molecule has 2 aromatic carbocycles. The number of fused-ring (bicyclic) bond motifs is 1. The molecular formula is C19H17N5O. The number of carbonyl (C=O) groups is 1. The molecule has 0 aliphatic carbocycles. The van der Waals surface area contributed by atoms with Crippen LogP contribution in [0.25, 0.3) is 11.0 Å². The Morgan fingerprint density at radius 2 is 1.76 bits per heavy atom. The summed E-state index contributed by atoms with van der Waals surface area (Å²) in [5.41, 5.74) is 3.52. The maximum absolute atomic E-state index is 12.7. The van der Waals surface area contributed by atoms with Crippen molar-refractivity contribution in [3.05, 3.63) is 66.4 Å². The topological polar surface area (TPSA) is 62.9 Å². The molecule has 25 heavy (non-hydrogen) atoms. The predicted molar refractivity (Wildman–Crippen MR) is 96.7 cm³/mol. The van der Waals surface area contributed by atoms with Crippen LogP contribution in [0.5, 0.6) is 0 Å². The fourth-order valence-electron chi connectivity index (χ4n) is 2.93.